The van der Waals surface area contributed by atoms with Gasteiger partial charge in [0.25, 0.3) is 5.91 Å². The Morgan fingerprint density at radius 3 is 2.69 bits per heavy atom. The third-order valence-corrected chi connectivity index (χ3v) is 5.46. The van der Waals surface area contributed by atoms with Gasteiger partial charge in [-0.1, -0.05) is 19.8 Å². The molecule has 1 aromatic carbocycles. The summed E-state index contributed by atoms with van der Waals surface area (Å²) in [7, 11) is 0. The third kappa shape index (κ3) is 4.28. The molecule has 7 heteroatoms. The lowest BCUT2D eigenvalue weighted by Gasteiger charge is -2.23. The van der Waals surface area contributed by atoms with E-state index in [4.69, 9.17) is 9.15 Å². The van der Waals surface area contributed by atoms with Crippen LogP contribution in [0.3, 0.4) is 0 Å². The minimum absolute atomic E-state index is 0.308. The van der Waals surface area contributed by atoms with Crippen LogP contribution in [-0.2, 0) is 22.4 Å². The van der Waals surface area contributed by atoms with E-state index in [2.05, 4.69) is 5.32 Å². The van der Waals surface area contributed by atoms with Crippen LogP contribution in [-0.4, -0.2) is 24.0 Å². The van der Waals surface area contributed by atoms with Gasteiger partial charge in [0.15, 0.2) is 6.10 Å². The van der Waals surface area contributed by atoms with Crippen LogP contribution in [0, 0.1) is 6.92 Å². The summed E-state index contributed by atoms with van der Waals surface area (Å²) < 4.78 is 11.3. The summed E-state index contributed by atoms with van der Waals surface area (Å²) in [6.07, 6.45) is 3.39. The fourth-order valence-corrected chi connectivity index (χ4v) is 3.78. The van der Waals surface area contributed by atoms with Crippen LogP contribution in [0.1, 0.15) is 56.2 Å². The van der Waals surface area contributed by atoms with Crippen molar-refractivity contribution < 1.29 is 23.8 Å². The van der Waals surface area contributed by atoms with Gasteiger partial charge in [-0.2, -0.15) is 0 Å². The fourth-order valence-electron chi connectivity index (χ4n) is 3.78. The number of aryl methyl sites for hydroxylation is 2. The first kappa shape index (κ1) is 20.9. The average molecular weight is 400 g/mol. The van der Waals surface area contributed by atoms with E-state index >= 15 is 0 Å². The predicted molar refractivity (Wildman–Crippen MR) is 106 cm³/mol. The summed E-state index contributed by atoms with van der Waals surface area (Å²) in [4.78, 5) is 35.9. The van der Waals surface area contributed by atoms with Gasteiger partial charge in [0.1, 0.15) is 11.3 Å². The minimum atomic E-state index is -1.31. The molecule has 3 rings (SSSR count). The van der Waals surface area contributed by atoms with Crippen molar-refractivity contribution in [2.24, 2.45) is 0 Å². The van der Waals surface area contributed by atoms with E-state index in [9.17, 15) is 19.5 Å². The average Bonchev–Trinajstić information content (AvgIpc) is 3.18. The highest BCUT2D eigenvalue weighted by atomic mass is 16.5. The molecule has 1 aliphatic rings. The second kappa shape index (κ2) is 8.68. The molecule has 0 bridgehead atoms. The van der Waals surface area contributed by atoms with Crippen LogP contribution in [0.2, 0.25) is 0 Å². The Bertz CT molecular complexity index is 993. The van der Waals surface area contributed by atoms with Crippen molar-refractivity contribution in [3.05, 3.63) is 39.2 Å². The number of hydrogen-bond acceptors (Lipinski definition) is 6. The highest BCUT2D eigenvalue weighted by Gasteiger charge is 2.23. The highest BCUT2D eigenvalue weighted by molar-refractivity contribution is 5.87. The number of aliphatic carboxylic acids is 1. The van der Waals surface area contributed by atoms with Crippen molar-refractivity contribution in [1.82, 2.24) is 5.32 Å². The first-order valence-corrected chi connectivity index (χ1v) is 10.1. The van der Waals surface area contributed by atoms with Crippen LogP contribution >= 0.6 is 0 Å². The smallest absolute Gasteiger partial charge is 0.339 e. The third-order valence-electron chi connectivity index (χ3n) is 5.46. The number of benzene rings is 1. The molecule has 156 valence electrons. The van der Waals surface area contributed by atoms with E-state index in [-0.39, 0.29) is 5.63 Å². The van der Waals surface area contributed by atoms with Crippen LogP contribution in [0.4, 0.5) is 0 Å². The zero-order chi connectivity index (χ0) is 21.1. The molecular weight excluding hydrogens is 374 g/mol. The normalized spacial score (nSPS) is 15.0. The predicted octanol–water partition coefficient (Wildman–Crippen LogP) is 1.78. The fraction of sp³-hybridized carbons (Fsp3) is 0.500. The topological polar surface area (TPSA) is 109 Å². The molecular formula is C22H26NO6-. The first-order chi connectivity index (χ1) is 13.8. The molecule has 2 aromatic rings. The number of carboxylic acids is 1. The van der Waals surface area contributed by atoms with Crippen LogP contribution in [0.15, 0.2) is 21.3 Å². The number of carbonyl (C=O) groups excluding carboxylic acids is 2. The van der Waals surface area contributed by atoms with Crippen molar-refractivity contribution in [2.45, 2.75) is 71.4 Å². The lowest BCUT2D eigenvalue weighted by molar-refractivity contribution is -0.308. The standard InChI is InChI=1S/C22H27NO6/c1-4-5-9-17(21(25)26)23-20(24)13(3)28-18-11-10-15-14-7-6-8-16(14)22(27)29-19(15)12(18)2/h10-11,13,17H,4-9H2,1-3H3,(H,23,24)(H,25,26)/p-1/t13-,17+/m1/s1. The molecule has 1 aliphatic carbocycles. The monoisotopic (exact) mass is 400 g/mol. The van der Waals surface area contributed by atoms with Crippen LogP contribution in [0.5, 0.6) is 5.75 Å². The van der Waals surface area contributed by atoms with Gasteiger partial charge in [-0.15, -0.1) is 0 Å². The number of ether oxygens (including phenoxy) is 1. The van der Waals surface area contributed by atoms with Gasteiger partial charge in [0.05, 0.1) is 12.0 Å². The van der Waals surface area contributed by atoms with Gasteiger partial charge in [0, 0.05) is 16.5 Å². The molecule has 29 heavy (non-hydrogen) atoms. The molecule has 7 nitrogen and oxygen atoms in total. The van der Waals surface area contributed by atoms with E-state index < -0.39 is 24.0 Å². The minimum Gasteiger partial charge on any atom is -0.548 e. The summed E-state index contributed by atoms with van der Waals surface area (Å²) in [5.74, 6) is -1.43. The van der Waals surface area contributed by atoms with Crippen molar-refractivity contribution in [3.8, 4) is 5.75 Å². The van der Waals surface area contributed by atoms with E-state index in [0.29, 0.717) is 29.7 Å². The number of carboxylic acid groups (broad SMARTS) is 1. The number of carbonyl (C=O) groups is 2. The van der Waals surface area contributed by atoms with E-state index in [0.717, 1.165) is 42.2 Å². The van der Waals surface area contributed by atoms with E-state index in [1.807, 2.05) is 13.0 Å². The second-order valence-corrected chi connectivity index (χ2v) is 7.55. The Hall–Kier alpha value is -2.83. The Balaban J connectivity index is 1.80. The maximum Gasteiger partial charge on any atom is 0.339 e. The summed E-state index contributed by atoms with van der Waals surface area (Å²) in [6.45, 7) is 5.26. The summed E-state index contributed by atoms with van der Waals surface area (Å²) in [5.41, 5.74) is 2.57. The van der Waals surface area contributed by atoms with Gasteiger partial charge in [-0.05, 0) is 57.2 Å². The molecule has 1 aromatic heterocycles. The second-order valence-electron chi connectivity index (χ2n) is 7.55. The molecule has 0 unspecified atom stereocenters. The quantitative estimate of drug-likeness (QED) is 0.677. The zero-order valence-electron chi connectivity index (χ0n) is 17.0. The Morgan fingerprint density at radius 1 is 1.28 bits per heavy atom. The van der Waals surface area contributed by atoms with E-state index in [1.165, 1.54) is 0 Å². The summed E-state index contributed by atoms with van der Waals surface area (Å²) in [5, 5.41) is 14.6. The molecule has 1 amide bonds. The van der Waals surface area contributed by atoms with Crippen molar-refractivity contribution in [2.75, 3.05) is 0 Å². The van der Waals surface area contributed by atoms with Gasteiger partial charge >= 0.3 is 5.63 Å². The molecule has 0 radical (unpaired) electrons. The molecule has 0 saturated heterocycles. The Kier molecular flexibility index (Phi) is 6.25. The number of rotatable bonds is 8. The number of fused-ring (bicyclic) bond motifs is 3. The number of unbranched alkanes of at least 4 members (excludes halogenated alkanes) is 1. The number of hydrogen-bond donors (Lipinski definition) is 1. The van der Waals surface area contributed by atoms with Gasteiger partial charge in [-0.25, -0.2) is 4.79 Å². The molecule has 0 saturated carbocycles. The molecule has 0 spiro atoms. The molecule has 0 aliphatic heterocycles. The first-order valence-electron chi connectivity index (χ1n) is 10.1. The number of nitrogens with one attached hydrogen (secondary N) is 1. The van der Waals surface area contributed by atoms with Crippen LogP contribution < -0.4 is 20.8 Å². The lowest BCUT2D eigenvalue weighted by Crippen LogP contribution is -2.51. The highest BCUT2D eigenvalue weighted by Crippen LogP contribution is 2.33. The Labute approximate surface area is 169 Å². The van der Waals surface area contributed by atoms with E-state index in [1.54, 1.807) is 19.9 Å². The molecule has 0 fully saturated rings. The maximum atomic E-state index is 12.4. The van der Waals surface area contributed by atoms with Gasteiger partial charge in [0.2, 0.25) is 0 Å². The Morgan fingerprint density at radius 2 is 2.00 bits per heavy atom. The lowest BCUT2D eigenvalue weighted by atomic mass is 10.0. The maximum absolute atomic E-state index is 12.4. The molecule has 1 heterocycles. The van der Waals surface area contributed by atoms with Crippen molar-refractivity contribution >= 4 is 22.8 Å². The zero-order valence-corrected chi connectivity index (χ0v) is 17.0. The van der Waals surface area contributed by atoms with Crippen molar-refractivity contribution in [3.63, 3.8) is 0 Å². The number of amides is 1. The van der Waals surface area contributed by atoms with Gasteiger partial charge in [-0.3, -0.25) is 4.79 Å². The SMILES string of the molecule is CCCC[C@H](NC(=O)[C@@H](C)Oc1ccc2c3c(c(=O)oc2c1C)CCC3)C(=O)[O-]. The molecule has 1 N–H and O–H groups in total. The summed E-state index contributed by atoms with van der Waals surface area (Å²) in [6, 6.07) is 2.56. The van der Waals surface area contributed by atoms with Gasteiger partial charge < -0.3 is 24.4 Å². The largest absolute Gasteiger partial charge is 0.548 e. The summed E-state index contributed by atoms with van der Waals surface area (Å²) >= 11 is 0. The molecule has 2 atom stereocenters. The van der Waals surface area contributed by atoms with Crippen molar-refractivity contribution in [1.29, 1.82) is 0 Å². The van der Waals surface area contributed by atoms with Crippen LogP contribution in [0.25, 0.3) is 11.0 Å².